The third kappa shape index (κ3) is 3.31. The molecule has 3 nitrogen and oxygen atoms in total. The van der Waals surface area contributed by atoms with Crippen molar-refractivity contribution in [1.29, 1.82) is 0 Å². The Kier molecular flexibility index (Phi) is 5.17. The lowest BCUT2D eigenvalue weighted by atomic mass is 10.1. The second-order valence-electron chi connectivity index (χ2n) is 5.04. The summed E-state index contributed by atoms with van der Waals surface area (Å²) in [5.41, 5.74) is 8.54. The molecule has 1 aliphatic rings. The van der Waals surface area contributed by atoms with Gasteiger partial charge in [-0.25, -0.2) is 0 Å². The van der Waals surface area contributed by atoms with Gasteiger partial charge in [0.25, 0.3) is 0 Å². The standard InChI is InChI=1S/C15H24N2O/c1-18-11-13(6-4-10-16)17-15-9-8-12-5-2-3-7-14(12)15/h2-3,5,7,13,15,17H,4,6,8-11,16H2,1H3. The van der Waals surface area contributed by atoms with Crippen LogP contribution in [0, 0.1) is 0 Å². The maximum absolute atomic E-state index is 5.59. The first kappa shape index (κ1) is 13.5. The number of aryl methyl sites for hydroxylation is 1. The van der Waals surface area contributed by atoms with Gasteiger partial charge in [-0.2, -0.15) is 0 Å². The van der Waals surface area contributed by atoms with Gasteiger partial charge in [-0.1, -0.05) is 24.3 Å². The Morgan fingerprint density at radius 1 is 1.44 bits per heavy atom. The fraction of sp³-hybridized carbons (Fsp3) is 0.600. The molecule has 0 aliphatic heterocycles. The minimum atomic E-state index is 0.412. The van der Waals surface area contributed by atoms with Gasteiger partial charge in [-0.15, -0.1) is 0 Å². The van der Waals surface area contributed by atoms with Gasteiger partial charge >= 0.3 is 0 Å². The van der Waals surface area contributed by atoms with Crippen LogP contribution in [0.1, 0.15) is 36.4 Å². The molecule has 1 aromatic rings. The normalized spacial score (nSPS) is 19.8. The Bertz CT molecular complexity index is 367. The summed E-state index contributed by atoms with van der Waals surface area (Å²) in [5, 5.41) is 3.73. The van der Waals surface area contributed by atoms with E-state index in [-0.39, 0.29) is 0 Å². The van der Waals surface area contributed by atoms with Gasteiger partial charge in [0.05, 0.1) is 6.61 Å². The number of fused-ring (bicyclic) bond motifs is 1. The lowest BCUT2D eigenvalue weighted by Gasteiger charge is -2.23. The Morgan fingerprint density at radius 3 is 3.06 bits per heavy atom. The molecule has 0 radical (unpaired) electrons. The molecular weight excluding hydrogens is 224 g/mol. The minimum Gasteiger partial charge on any atom is -0.383 e. The monoisotopic (exact) mass is 248 g/mol. The van der Waals surface area contributed by atoms with Crippen molar-refractivity contribution >= 4 is 0 Å². The zero-order valence-corrected chi connectivity index (χ0v) is 11.2. The van der Waals surface area contributed by atoms with Crippen LogP contribution in [-0.4, -0.2) is 26.3 Å². The maximum Gasteiger partial charge on any atom is 0.0616 e. The van der Waals surface area contributed by atoms with E-state index in [0.717, 1.165) is 26.0 Å². The lowest BCUT2D eigenvalue weighted by Crippen LogP contribution is -2.36. The van der Waals surface area contributed by atoms with E-state index in [1.54, 1.807) is 7.11 Å². The van der Waals surface area contributed by atoms with Crippen LogP contribution in [0.15, 0.2) is 24.3 Å². The number of hydrogen-bond acceptors (Lipinski definition) is 3. The third-order valence-electron chi connectivity index (χ3n) is 3.69. The molecule has 1 aliphatic carbocycles. The molecule has 0 amide bonds. The molecule has 3 N–H and O–H groups in total. The molecule has 100 valence electrons. The van der Waals surface area contributed by atoms with E-state index in [2.05, 4.69) is 29.6 Å². The SMILES string of the molecule is COCC(CCCN)NC1CCc2ccccc21. The Hall–Kier alpha value is -0.900. The molecule has 3 heteroatoms. The number of hydrogen-bond donors (Lipinski definition) is 2. The molecule has 0 heterocycles. The molecule has 1 aromatic carbocycles. The Labute approximate surface area is 110 Å². The number of rotatable bonds is 7. The van der Waals surface area contributed by atoms with Gasteiger partial charge in [-0.3, -0.25) is 0 Å². The lowest BCUT2D eigenvalue weighted by molar-refractivity contribution is 0.155. The van der Waals surface area contributed by atoms with Crippen molar-refractivity contribution in [2.45, 2.75) is 37.8 Å². The molecule has 0 bridgehead atoms. The zero-order chi connectivity index (χ0) is 12.8. The van der Waals surface area contributed by atoms with Crippen LogP contribution in [0.25, 0.3) is 0 Å². The quantitative estimate of drug-likeness (QED) is 0.776. The topological polar surface area (TPSA) is 47.3 Å². The highest BCUT2D eigenvalue weighted by molar-refractivity contribution is 5.34. The number of nitrogens with two attached hydrogens (primary N) is 1. The van der Waals surface area contributed by atoms with E-state index in [1.165, 1.54) is 24.0 Å². The van der Waals surface area contributed by atoms with Crippen LogP contribution in [0.4, 0.5) is 0 Å². The first-order valence-electron chi connectivity index (χ1n) is 6.88. The van der Waals surface area contributed by atoms with E-state index in [0.29, 0.717) is 12.1 Å². The summed E-state index contributed by atoms with van der Waals surface area (Å²) < 4.78 is 5.30. The predicted molar refractivity (Wildman–Crippen MR) is 74.6 cm³/mol. The van der Waals surface area contributed by atoms with Gasteiger partial charge in [-0.05, 0) is 43.4 Å². The highest BCUT2D eigenvalue weighted by atomic mass is 16.5. The van der Waals surface area contributed by atoms with Crippen LogP contribution in [0.5, 0.6) is 0 Å². The minimum absolute atomic E-state index is 0.412. The van der Waals surface area contributed by atoms with Crippen LogP contribution in [0.2, 0.25) is 0 Å². The van der Waals surface area contributed by atoms with Crippen molar-refractivity contribution in [2.24, 2.45) is 5.73 Å². The van der Waals surface area contributed by atoms with Crippen molar-refractivity contribution < 1.29 is 4.74 Å². The summed E-state index contributed by atoms with van der Waals surface area (Å²) in [5.74, 6) is 0. The highest BCUT2D eigenvalue weighted by Crippen LogP contribution is 2.31. The van der Waals surface area contributed by atoms with E-state index >= 15 is 0 Å². The first-order chi connectivity index (χ1) is 8.85. The van der Waals surface area contributed by atoms with E-state index in [1.807, 2.05) is 0 Å². The molecule has 0 aromatic heterocycles. The van der Waals surface area contributed by atoms with Crippen molar-refractivity contribution in [3.8, 4) is 0 Å². The fourth-order valence-electron chi connectivity index (χ4n) is 2.79. The zero-order valence-electron chi connectivity index (χ0n) is 11.2. The number of ether oxygens (including phenoxy) is 1. The largest absolute Gasteiger partial charge is 0.383 e. The highest BCUT2D eigenvalue weighted by Gasteiger charge is 2.23. The predicted octanol–water partition coefficient (Wildman–Crippen LogP) is 2.02. The molecule has 2 unspecified atom stereocenters. The molecular formula is C15H24N2O. The van der Waals surface area contributed by atoms with Crippen molar-refractivity contribution in [3.05, 3.63) is 35.4 Å². The fourth-order valence-corrected chi connectivity index (χ4v) is 2.79. The van der Waals surface area contributed by atoms with Crippen molar-refractivity contribution in [2.75, 3.05) is 20.3 Å². The summed E-state index contributed by atoms with van der Waals surface area (Å²) in [4.78, 5) is 0. The van der Waals surface area contributed by atoms with Crippen LogP contribution >= 0.6 is 0 Å². The van der Waals surface area contributed by atoms with Crippen LogP contribution < -0.4 is 11.1 Å². The summed E-state index contributed by atoms with van der Waals surface area (Å²) >= 11 is 0. The van der Waals surface area contributed by atoms with E-state index < -0.39 is 0 Å². The number of benzene rings is 1. The average Bonchev–Trinajstić information content (AvgIpc) is 2.80. The maximum atomic E-state index is 5.59. The molecule has 0 spiro atoms. The summed E-state index contributed by atoms with van der Waals surface area (Å²) in [6.45, 7) is 1.52. The van der Waals surface area contributed by atoms with E-state index in [9.17, 15) is 0 Å². The van der Waals surface area contributed by atoms with Gasteiger partial charge in [0.15, 0.2) is 0 Å². The second-order valence-corrected chi connectivity index (χ2v) is 5.04. The summed E-state index contributed by atoms with van der Waals surface area (Å²) in [6, 6.07) is 9.63. The van der Waals surface area contributed by atoms with Gasteiger partial charge in [0.1, 0.15) is 0 Å². The first-order valence-corrected chi connectivity index (χ1v) is 6.88. The molecule has 2 rings (SSSR count). The molecule has 0 saturated heterocycles. The van der Waals surface area contributed by atoms with Gasteiger partial charge < -0.3 is 15.8 Å². The van der Waals surface area contributed by atoms with Crippen LogP contribution in [0.3, 0.4) is 0 Å². The average molecular weight is 248 g/mol. The molecule has 0 fully saturated rings. The smallest absolute Gasteiger partial charge is 0.0616 e. The van der Waals surface area contributed by atoms with Crippen molar-refractivity contribution in [1.82, 2.24) is 5.32 Å². The number of nitrogens with one attached hydrogen (secondary N) is 1. The van der Waals surface area contributed by atoms with Gasteiger partial charge in [0.2, 0.25) is 0 Å². The van der Waals surface area contributed by atoms with Crippen molar-refractivity contribution in [3.63, 3.8) is 0 Å². The molecule has 0 saturated carbocycles. The Balaban J connectivity index is 1.95. The van der Waals surface area contributed by atoms with Gasteiger partial charge in [0, 0.05) is 19.2 Å². The molecule has 2 atom stereocenters. The molecule has 18 heavy (non-hydrogen) atoms. The summed E-state index contributed by atoms with van der Waals surface area (Å²) in [6.07, 6.45) is 4.52. The summed E-state index contributed by atoms with van der Waals surface area (Å²) in [7, 11) is 1.76. The van der Waals surface area contributed by atoms with E-state index in [4.69, 9.17) is 10.5 Å². The second kappa shape index (κ2) is 6.88. The third-order valence-corrected chi connectivity index (χ3v) is 3.69. The number of methoxy groups -OCH3 is 1. The van der Waals surface area contributed by atoms with Crippen LogP contribution in [-0.2, 0) is 11.2 Å². The Morgan fingerprint density at radius 2 is 2.28 bits per heavy atom.